The van der Waals surface area contributed by atoms with E-state index in [1.807, 2.05) is 36.4 Å². The molecule has 5 aromatic rings. The number of aromatic nitrogens is 2. The molecule has 0 aliphatic carbocycles. The first-order chi connectivity index (χ1) is 19.7. The van der Waals surface area contributed by atoms with Crippen LogP contribution in [0.5, 0.6) is 0 Å². The van der Waals surface area contributed by atoms with Gasteiger partial charge in [0.25, 0.3) is 0 Å². The smallest absolute Gasteiger partial charge is 1.00 e. The summed E-state index contributed by atoms with van der Waals surface area (Å²) >= 11 is 0. The number of rotatable bonds is 3. The average molecular weight is 678 g/mol. The maximum absolute atomic E-state index is 3.77. The zero-order valence-corrected chi connectivity index (χ0v) is 31.0. The minimum Gasteiger partial charge on any atom is -1.00 e. The fourth-order valence-corrected chi connectivity index (χ4v) is 5.18. The number of halogens is 3. The molecule has 0 amide bonds. The molecule has 0 atom stereocenters. The quantitative estimate of drug-likeness (QED) is 0.139. The average Bonchev–Trinajstić information content (AvgIpc) is 3.41. The molecule has 236 valence electrons. The van der Waals surface area contributed by atoms with Crippen LogP contribution in [-0.4, -0.2) is 35.0 Å². The van der Waals surface area contributed by atoms with E-state index in [1.165, 1.54) is 33.5 Å². The van der Waals surface area contributed by atoms with Gasteiger partial charge in [-0.3, -0.25) is 9.13 Å². The largest absolute Gasteiger partial charge is 3.00 e. The van der Waals surface area contributed by atoms with E-state index < -0.39 is 0 Å². The van der Waals surface area contributed by atoms with Crippen LogP contribution in [0.15, 0.2) is 115 Å². The second-order valence-corrected chi connectivity index (χ2v) is 11.1. The van der Waals surface area contributed by atoms with Crippen LogP contribution in [0.1, 0.15) is 50.7 Å². The topological polar surface area (TPSA) is 15.3 Å². The third-order valence-corrected chi connectivity index (χ3v) is 7.23. The molecule has 0 bridgehead atoms. The number of hydrogen-bond acceptors (Lipinski definition) is 2. The van der Waals surface area contributed by atoms with Gasteiger partial charge in [-0.15, -0.1) is 0 Å². The fraction of sp³-hybridized carbons (Fsp3) is 0.270. The molecule has 4 nitrogen and oxygen atoms in total. The molecule has 4 aromatic carbocycles. The van der Waals surface area contributed by atoms with Gasteiger partial charge in [-0.2, -0.15) is 0 Å². The van der Waals surface area contributed by atoms with Crippen molar-refractivity contribution in [1.29, 1.82) is 0 Å². The SMILES string of the molecule is CC(C)N1C(=[C-]c2n(C(C)C)c3ccccc3[n+]2C)N(C)c2ccccc21.Cc1ccccc1.Cc1ccccc1.[Al+3].[Cl-].[Cl-].[Cl-]. The number of benzene rings is 4. The Hall–Kier alpha value is -2.91. The van der Waals surface area contributed by atoms with Gasteiger partial charge in [0.05, 0.1) is 24.5 Å². The molecule has 0 N–H and O–H groups in total. The number of para-hydroxylation sites is 4. The Morgan fingerprint density at radius 3 is 1.49 bits per heavy atom. The Labute approximate surface area is 300 Å². The predicted molar refractivity (Wildman–Crippen MR) is 180 cm³/mol. The third kappa shape index (κ3) is 10.0. The first-order valence-electron chi connectivity index (χ1n) is 14.5. The second-order valence-electron chi connectivity index (χ2n) is 11.1. The Morgan fingerprint density at radius 1 is 0.600 bits per heavy atom. The van der Waals surface area contributed by atoms with Gasteiger partial charge in [0.2, 0.25) is 0 Å². The van der Waals surface area contributed by atoms with E-state index in [0.29, 0.717) is 12.1 Å². The van der Waals surface area contributed by atoms with Crippen molar-refractivity contribution in [2.75, 3.05) is 16.8 Å². The van der Waals surface area contributed by atoms with Crippen LogP contribution in [0.25, 0.3) is 11.0 Å². The fourth-order valence-electron chi connectivity index (χ4n) is 5.18. The number of anilines is 2. The molecule has 2 heterocycles. The molecule has 0 radical (unpaired) electrons. The van der Waals surface area contributed by atoms with E-state index >= 15 is 0 Å². The number of aryl methyl sites for hydroxylation is 3. The summed E-state index contributed by atoms with van der Waals surface area (Å²) in [7, 11) is 4.26. The van der Waals surface area contributed by atoms with Crippen molar-refractivity contribution in [2.45, 2.75) is 53.6 Å². The summed E-state index contributed by atoms with van der Waals surface area (Å²) in [6, 6.07) is 38.4. The molecule has 0 spiro atoms. The number of nitrogens with zero attached hydrogens (tertiary/aromatic N) is 4. The van der Waals surface area contributed by atoms with Gasteiger partial charge in [-0.05, 0) is 65.8 Å². The molecular weight excluding hydrogens is 634 g/mol. The summed E-state index contributed by atoms with van der Waals surface area (Å²) < 4.78 is 4.62. The van der Waals surface area contributed by atoms with Crippen molar-refractivity contribution < 1.29 is 41.8 Å². The van der Waals surface area contributed by atoms with Crippen LogP contribution in [0.3, 0.4) is 0 Å². The molecule has 6 rings (SSSR count). The Morgan fingerprint density at radius 2 is 1.04 bits per heavy atom. The van der Waals surface area contributed by atoms with Gasteiger partial charge in [-0.25, -0.2) is 0 Å². The van der Waals surface area contributed by atoms with Crippen LogP contribution in [0, 0.1) is 19.9 Å². The summed E-state index contributed by atoms with van der Waals surface area (Å²) in [5.74, 6) is 2.18. The summed E-state index contributed by atoms with van der Waals surface area (Å²) in [5.41, 5.74) is 7.58. The van der Waals surface area contributed by atoms with Crippen molar-refractivity contribution in [3.63, 3.8) is 0 Å². The monoisotopic (exact) mass is 676 g/mol. The maximum atomic E-state index is 3.77. The molecule has 45 heavy (non-hydrogen) atoms. The molecule has 0 saturated carbocycles. The van der Waals surface area contributed by atoms with E-state index in [2.05, 4.69) is 153 Å². The standard InChI is InChI=1S/C23H28N4.2C7H8.Al.3ClH/c1-16(2)26-20-13-9-7-11-18(20)24(5)22(26)15-23-25(6)19-12-8-10-14-21(19)27(23)17(3)4;2*1-7-5-3-2-4-6-7;;;;/h7-14,16-17H,1-6H3;2*2-6H,1H3;;3*1H/q;;;+3;;;/p-3. The summed E-state index contributed by atoms with van der Waals surface area (Å²) in [4.78, 5) is 4.62. The number of fused-ring (bicyclic) bond motifs is 2. The molecule has 1 aliphatic rings. The van der Waals surface area contributed by atoms with Gasteiger partial charge in [-0.1, -0.05) is 102 Å². The Balaban J connectivity index is 0.000000895. The zero-order chi connectivity index (χ0) is 29.5. The Kier molecular flexibility index (Phi) is 18.3. The van der Waals surface area contributed by atoms with Crippen LogP contribution >= 0.6 is 0 Å². The number of hydrogen-bond donors (Lipinski definition) is 0. The van der Waals surface area contributed by atoms with Crippen molar-refractivity contribution in [1.82, 2.24) is 4.57 Å². The third-order valence-electron chi connectivity index (χ3n) is 7.23. The van der Waals surface area contributed by atoms with Crippen LogP contribution in [0.4, 0.5) is 11.4 Å². The van der Waals surface area contributed by atoms with Crippen molar-refractivity contribution in [2.24, 2.45) is 7.05 Å². The molecule has 8 heteroatoms. The van der Waals surface area contributed by atoms with Gasteiger partial charge >= 0.3 is 17.4 Å². The zero-order valence-electron chi connectivity index (χ0n) is 27.5. The second kappa shape index (κ2) is 19.6. The molecule has 1 aromatic heterocycles. The van der Waals surface area contributed by atoms with E-state index in [9.17, 15) is 0 Å². The Bertz CT molecular complexity index is 1570. The normalized spacial score (nSPS) is 12.1. The molecule has 0 saturated heterocycles. The van der Waals surface area contributed by atoms with Gasteiger partial charge in [0.1, 0.15) is 5.82 Å². The van der Waals surface area contributed by atoms with Crippen molar-refractivity contribution in [3.05, 3.63) is 138 Å². The first-order valence-corrected chi connectivity index (χ1v) is 14.5. The molecular formula is C37H44AlCl3N4. The van der Waals surface area contributed by atoms with Gasteiger partial charge < -0.3 is 53.1 Å². The summed E-state index contributed by atoms with van der Waals surface area (Å²) in [5, 5.41) is 0. The predicted octanol–water partition coefficient (Wildman–Crippen LogP) is -0.975. The molecule has 0 unspecified atom stereocenters. The van der Waals surface area contributed by atoms with E-state index in [1.54, 1.807) is 0 Å². The molecule has 0 fully saturated rings. The number of imidazole rings is 1. The summed E-state index contributed by atoms with van der Waals surface area (Å²) in [6.45, 7) is 13.1. The maximum Gasteiger partial charge on any atom is 3.00 e. The summed E-state index contributed by atoms with van der Waals surface area (Å²) in [6.07, 6.45) is 3.77. The van der Waals surface area contributed by atoms with E-state index in [0.717, 1.165) is 11.6 Å². The minimum atomic E-state index is 0. The van der Waals surface area contributed by atoms with Crippen molar-refractivity contribution in [3.8, 4) is 0 Å². The van der Waals surface area contributed by atoms with Crippen LogP contribution in [0.2, 0.25) is 0 Å². The van der Waals surface area contributed by atoms with Crippen LogP contribution < -0.4 is 51.6 Å². The van der Waals surface area contributed by atoms with Gasteiger partial charge in [0.15, 0.2) is 11.0 Å². The molecule has 1 aliphatic heterocycles. The van der Waals surface area contributed by atoms with Crippen LogP contribution in [-0.2, 0) is 7.05 Å². The first kappa shape index (κ1) is 42.1. The van der Waals surface area contributed by atoms with E-state index in [-0.39, 0.29) is 54.6 Å². The minimum absolute atomic E-state index is 0. The van der Waals surface area contributed by atoms with Crippen molar-refractivity contribution >= 4 is 39.8 Å². The van der Waals surface area contributed by atoms with Gasteiger partial charge in [0, 0.05) is 13.1 Å². The van der Waals surface area contributed by atoms with E-state index in [4.69, 9.17) is 0 Å².